The van der Waals surface area contributed by atoms with Crippen LogP contribution in [0.4, 0.5) is 8.78 Å². The van der Waals surface area contributed by atoms with Crippen LogP contribution in [0.5, 0.6) is 0 Å². The van der Waals surface area contributed by atoms with Gasteiger partial charge in [-0.15, -0.1) is 0 Å². The van der Waals surface area contributed by atoms with Crippen molar-refractivity contribution in [2.24, 2.45) is 0 Å². The van der Waals surface area contributed by atoms with E-state index < -0.39 is 6.43 Å². The third-order valence-corrected chi connectivity index (χ3v) is 1.92. The fourth-order valence-corrected chi connectivity index (χ4v) is 1.22. The smallest absolute Gasteiger partial charge is 0.263 e. The van der Waals surface area contributed by atoms with Crippen molar-refractivity contribution in [2.45, 2.75) is 6.43 Å². The molecule has 0 atom stereocenters. The van der Waals surface area contributed by atoms with E-state index in [0.29, 0.717) is 5.39 Å². The summed E-state index contributed by atoms with van der Waals surface area (Å²) in [6.45, 7) is 0. The number of rotatable bonds is 1. The summed E-state index contributed by atoms with van der Waals surface area (Å²) < 4.78 is 24.6. The van der Waals surface area contributed by atoms with Crippen LogP contribution in [0.15, 0.2) is 29.3 Å². The van der Waals surface area contributed by atoms with Crippen molar-refractivity contribution < 1.29 is 8.78 Å². The highest BCUT2D eigenvalue weighted by Crippen LogP contribution is 2.20. The van der Waals surface area contributed by atoms with Gasteiger partial charge < -0.3 is 4.98 Å². The summed E-state index contributed by atoms with van der Waals surface area (Å²) in [5.74, 6) is 0. The van der Waals surface area contributed by atoms with E-state index in [4.69, 9.17) is 0 Å². The van der Waals surface area contributed by atoms with E-state index in [0.717, 1.165) is 0 Å². The van der Waals surface area contributed by atoms with Crippen molar-refractivity contribution in [1.29, 1.82) is 0 Å². The zero-order valence-corrected chi connectivity index (χ0v) is 7.00. The maximum atomic E-state index is 12.3. The molecule has 2 rings (SSSR count). The molecule has 0 unspecified atom stereocenters. The Bertz CT molecular complexity index is 521. The van der Waals surface area contributed by atoms with Crippen LogP contribution in [0.2, 0.25) is 0 Å². The zero-order chi connectivity index (χ0) is 10.1. The topological polar surface area (TPSA) is 45.8 Å². The molecule has 0 aliphatic heterocycles. The van der Waals surface area contributed by atoms with Crippen molar-refractivity contribution in [3.63, 3.8) is 0 Å². The number of alkyl halides is 2. The number of nitrogens with zero attached hydrogens (tertiary/aromatic N) is 1. The maximum Gasteiger partial charge on any atom is 0.263 e. The Labute approximate surface area is 77.4 Å². The van der Waals surface area contributed by atoms with Crippen molar-refractivity contribution in [2.75, 3.05) is 0 Å². The molecule has 0 fully saturated rings. The van der Waals surface area contributed by atoms with Crippen LogP contribution in [0.1, 0.15) is 12.0 Å². The van der Waals surface area contributed by atoms with Gasteiger partial charge in [0.15, 0.2) is 0 Å². The number of hydrogen-bond donors (Lipinski definition) is 1. The van der Waals surface area contributed by atoms with E-state index in [2.05, 4.69) is 9.97 Å². The fourth-order valence-electron chi connectivity index (χ4n) is 1.22. The molecule has 0 amide bonds. The molecular formula is C9H6F2N2O. The summed E-state index contributed by atoms with van der Waals surface area (Å²) in [4.78, 5) is 17.3. The van der Waals surface area contributed by atoms with E-state index in [-0.39, 0.29) is 16.6 Å². The average molecular weight is 196 g/mol. The van der Waals surface area contributed by atoms with Gasteiger partial charge in [-0.3, -0.25) is 4.79 Å². The van der Waals surface area contributed by atoms with Gasteiger partial charge in [0, 0.05) is 5.56 Å². The van der Waals surface area contributed by atoms with E-state index in [1.54, 1.807) is 0 Å². The van der Waals surface area contributed by atoms with Gasteiger partial charge in [0.05, 0.1) is 17.2 Å². The Morgan fingerprint density at radius 1 is 1.36 bits per heavy atom. The number of benzene rings is 1. The van der Waals surface area contributed by atoms with Gasteiger partial charge in [-0.25, -0.2) is 13.8 Å². The minimum atomic E-state index is -2.54. The first kappa shape index (κ1) is 8.80. The Kier molecular flexibility index (Phi) is 1.99. The fraction of sp³-hybridized carbons (Fsp3) is 0.111. The number of halogens is 2. The lowest BCUT2D eigenvalue weighted by Gasteiger charge is -2.00. The van der Waals surface area contributed by atoms with E-state index in [9.17, 15) is 13.6 Å². The number of H-pyrrole nitrogens is 1. The molecule has 1 aromatic carbocycles. The first-order valence-corrected chi connectivity index (χ1v) is 3.94. The Morgan fingerprint density at radius 2 is 2.14 bits per heavy atom. The van der Waals surface area contributed by atoms with Crippen LogP contribution in [-0.2, 0) is 0 Å². The van der Waals surface area contributed by atoms with Crippen molar-refractivity contribution in [3.05, 3.63) is 40.4 Å². The summed E-state index contributed by atoms with van der Waals surface area (Å²) in [6.07, 6.45) is -1.35. The van der Waals surface area contributed by atoms with Gasteiger partial charge in [0.2, 0.25) is 0 Å². The third kappa shape index (κ3) is 1.37. The molecule has 0 radical (unpaired) electrons. The largest absolute Gasteiger partial charge is 0.313 e. The van der Waals surface area contributed by atoms with Gasteiger partial charge >= 0.3 is 0 Å². The minimum absolute atomic E-state index is 0.129. The van der Waals surface area contributed by atoms with Crippen LogP contribution in [0.25, 0.3) is 10.9 Å². The molecule has 0 saturated carbocycles. The van der Waals surface area contributed by atoms with Gasteiger partial charge in [0.25, 0.3) is 12.0 Å². The Morgan fingerprint density at radius 3 is 2.86 bits per heavy atom. The second-order valence-corrected chi connectivity index (χ2v) is 2.81. The number of nitrogens with one attached hydrogen (secondary N) is 1. The first-order chi connectivity index (χ1) is 6.68. The molecule has 14 heavy (non-hydrogen) atoms. The second-order valence-electron chi connectivity index (χ2n) is 2.81. The molecule has 1 aromatic heterocycles. The molecule has 1 N–H and O–H groups in total. The monoisotopic (exact) mass is 196 g/mol. The highest BCUT2D eigenvalue weighted by molar-refractivity contribution is 5.77. The van der Waals surface area contributed by atoms with Gasteiger partial charge in [-0.1, -0.05) is 6.07 Å². The molecule has 0 spiro atoms. The third-order valence-electron chi connectivity index (χ3n) is 1.92. The summed E-state index contributed by atoms with van der Waals surface area (Å²) in [7, 11) is 0. The lowest BCUT2D eigenvalue weighted by Crippen LogP contribution is -2.06. The quantitative estimate of drug-likeness (QED) is 0.756. The van der Waals surface area contributed by atoms with Gasteiger partial charge in [-0.2, -0.15) is 0 Å². The molecule has 0 bridgehead atoms. The van der Waals surface area contributed by atoms with Crippen LogP contribution in [-0.4, -0.2) is 9.97 Å². The molecular weight excluding hydrogens is 190 g/mol. The lowest BCUT2D eigenvalue weighted by atomic mass is 10.1. The summed E-state index contributed by atoms with van der Waals surface area (Å²) in [6, 6.07) is 3.79. The average Bonchev–Trinajstić information content (AvgIpc) is 2.17. The van der Waals surface area contributed by atoms with Crippen molar-refractivity contribution >= 4 is 10.9 Å². The lowest BCUT2D eigenvalue weighted by molar-refractivity contribution is 0.151. The minimum Gasteiger partial charge on any atom is -0.313 e. The molecule has 3 nitrogen and oxygen atoms in total. The zero-order valence-electron chi connectivity index (χ0n) is 7.00. The summed E-state index contributed by atoms with van der Waals surface area (Å²) in [5.41, 5.74) is -0.169. The molecule has 0 saturated heterocycles. The molecule has 2 aromatic rings. The van der Waals surface area contributed by atoms with E-state index in [1.807, 2.05) is 0 Å². The van der Waals surface area contributed by atoms with Crippen molar-refractivity contribution in [1.82, 2.24) is 9.97 Å². The van der Waals surface area contributed by atoms with Crippen LogP contribution in [0, 0.1) is 0 Å². The number of hydrogen-bond acceptors (Lipinski definition) is 2. The highest BCUT2D eigenvalue weighted by Gasteiger charge is 2.08. The Hall–Kier alpha value is -1.78. The van der Waals surface area contributed by atoms with Crippen LogP contribution >= 0.6 is 0 Å². The molecule has 0 aliphatic rings. The predicted molar refractivity (Wildman–Crippen MR) is 47.3 cm³/mol. The highest BCUT2D eigenvalue weighted by atomic mass is 19.3. The SMILES string of the molecule is O=c1[nH]cnc2cc(C(F)F)ccc12. The maximum absolute atomic E-state index is 12.3. The van der Waals surface area contributed by atoms with E-state index >= 15 is 0 Å². The standard InChI is InChI=1S/C9H6F2N2O/c10-8(11)5-1-2-6-7(3-5)12-4-13-9(6)14/h1-4,8H,(H,12,13,14). The van der Waals surface area contributed by atoms with Crippen molar-refractivity contribution in [3.8, 4) is 0 Å². The molecule has 5 heteroatoms. The number of aromatic nitrogens is 2. The van der Waals surface area contributed by atoms with Crippen LogP contribution < -0.4 is 5.56 Å². The first-order valence-electron chi connectivity index (χ1n) is 3.94. The summed E-state index contributed by atoms with van der Waals surface area (Å²) in [5, 5.41) is 0.317. The Balaban J connectivity index is 2.74. The molecule has 1 heterocycles. The summed E-state index contributed by atoms with van der Waals surface area (Å²) >= 11 is 0. The van der Waals surface area contributed by atoms with E-state index in [1.165, 1.54) is 24.5 Å². The number of aromatic amines is 1. The molecule has 72 valence electrons. The number of fused-ring (bicyclic) bond motifs is 1. The second kappa shape index (κ2) is 3.17. The normalized spacial score (nSPS) is 11.1. The van der Waals surface area contributed by atoms with Gasteiger partial charge in [-0.05, 0) is 12.1 Å². The predicted octanol–water partition coefficient (Wildman–Crippen LogP) is 1.86. The van der Waals surface area contributed by atoms with Crippen LogP contribution in [0.3, 0.4) is 0 Å². The van der Waals surface area contributed by atoms with Gasteiger partial charge in [0.1, 0.15) is 0 Å². The molecule has 0 aliphatic carbocycles.